The average molecular weight is 407 g/mol. The van der Waals surface area contributed by atoms with Crippen LogP contribution in [-0.2, 0) is 10.2 Å². The molecule has 0 amide bonds. The van der Waals surface area contributed by atoms with Crippen LogP contribution in [0.3, 0.4) is 0 Å². The fourth-order valence-electron chi connectivity index (χ4n) is 4.50. The maximum atomic E-state index is 13.4. The first-order valence-electron chi connectivity index (χ1n) is 10.8. The smallest absolute Gasteiger partial charge is 0.197 e. The van der Waals surface area contributed by atoms with Crippen LogP contribution in [0, 0.1) is 0 Å². The van der Waals surface area contributed by atoms with E-state index in [-0.39, 0.29) is 5.78 Å². The van der Waals surface area contributed by atoms with Crippen LogP contribution < -0.4 is 0 Å². The Kier molecular flexibility index (Phi) is 5.23. The summed E-state index contributed by atoms with van der Waals surface area (Å²) in [7, 11) is 0. The van der Waals surface area contributed by atoms with Crippen molar-refractivity contribution >= 4 is 16.8 Å². The number of aliphatic hydroxyl groups is 1. The van der Waals surface area contributed by atoms with Gasteiger partial charge in [-0.25, -0.2) is 0 Å². The third-order valence-electron chi connectivity index (χ3n) is 6.79. The summed E-state index contributed by atoms with van der Waals surface area (Å²) in [6.07, 6.45) is 8.41. The first kappa shape index (κ1) is 20.7. The fourth-order valence-corrected chi connectivity index (χ4v) is 4.50. The molecule has 158 valence electrons. The van der Waals surface area contributed by atoms with Crippen molar-refractivity contribution in [3.05, 3.63) is 70.7 Å². The van der Waals surface area contributed by atoms with E-state index in [0.29, 0.717) is 37.9 Å². The van der Waals surface area contributed by atoms with Gasteiger partial charge in [-0.2, -0.15) is 0 Å². The van der Waals surface area contributed by atoms with Gasteiger partial charge in [-0.3, -0.25) is 4.79 Å². The van der Waals surface area contributed by atoms with Gasteiger partial charge in [0.1, 0.15) is 17.1 Å². The van der Waals surface area contributed by atoms with Gasteiger partial charge < -0.3 is 14.3 Å². The number of para-hydroxylation sites is 1. The van der Waals surface area contributed by atoms with E-state index in [0.717, 1.165) is 33.6 Å². The summed E-state index contributed by atoms with van der Waals surface area (Å²) in [5.74, 6) is 1.50. The van der Waals surface area contributed by atoms with Crippen molar-refractivity contribution < 1.29 is 19.1 Å². The Hall–Kier alpha value is -2.59. The van der Waals surface area contributed by atoms with E-state index < -0.39 is 11.0 Å². The van der Waals surface area contributed by atoms with Crippen molar-refractivity contribution in [1.29, 1.82) is 0 Å². The molecule has 0 spiro atoms. The van der Waals surface area contributed by atoms with Gasteiger partial charge in [-0.1, -0.05) is 32.0 Å². The third-order valence-corrected chi connectivity index (χ3v) is 6.79. The van der Waals surface area contributed by atoms with Crippen LogP contribution >= 0.6 is 0 Å². The van der Waals surface area contributed by atoms with Crippen molar-refractivity contribution in [3.63, 3.8) is 0 Å². The summed E-state index contributed by atoms with van der Waals surface area (Å²) in [6, 6.07) is 7.73. The van der Waals surface area contributed by atoms with E-state index in [2.05, 4.69) is 13.8 Å². The lowest BCUT2D eigenvalue weighted by Crippen LogP contribution is -2.29. The molecular formula is C26H30O4. The Morgan fingerprint density at radius 3 is 2.63 bits per heavy atom. The van der Waals surface area contributed by atoms with Crippen LogP contribution in [0.2, 0.25) is 0 Å². The van der Waals surface area contributed by atoms with Gasteiger partial charge in [0.15, 0.2) is 5.78 Å². The van der Waals surface area contributed by atoms with E-state index in [1.54, 1.807) is 0 Å². The second-order valence-corrected chi connectivity index (χ2v) is 8.82. The normalized spacial score (nSPS) is 18.2. The lowest BCUT2D eigenvalue weighted by Gasteiger charge is -2.31. The molecule has 1 aromatic heterocycles. The molecule has 0 aliphatic heterocycles. The van der Waals surface area contributed by atoms with E-state index in [4.69, 9.17) is 9.15 Å². The molecule has 2 aromatic rings. The molecule has 1 aromatic carbocycles. The van der Waals surface area contributed by atoms with Crippen molar-refractivity contribution in [2.75, 3.05) is 6.61 Å². The highest BCUT2D eigenvalue weighted by molar-refractivity contribution is 6.20. The number of benzene rings is 1. The minimum Gasteiger partial charge on any atom is -0.494 e. The zero-order chi connectivity index (χ0) is 21.5. The van der Waals surface area contributed by atoms with Gasteiger partial charge >= 0.3 is 0 Å². The highest BCUT2D eigenvalue weighted by Crippen LogP contribution is 2.47. The van der Waals surface area contributed by atoms with Gasteiger partial charge in [0.05, 0.1) is 17.8 Å². The molecule has 4 heteroatoms. The molecule has 0 saturated carbocycles. The number of carbonyl (C=O) groups excluding carboxylic acids is 1. The molecule has 1 heterocycles. The lowest BCUT2D eigenvalue weighted by molar-refractivity contribution is 0.00457. The number of hydrogen-bond donors (Lipinski definition) is 1. The summed E-state index contributed by atoms with van der Waals surface area (Å²) in [5.41, 5.74) is 2.14. The number of furan rings is 1. The quantitative estimate of drug-likeness (QED) is 0.639. The Balaban J connectivity index is 1.60. The molecule has 2 aliphatic rings. The molecule has 0 saturated heterocycles. The van der Waals surface area contributed by atoms with Crippen LogP contribution in [0.25, 0.3) is 11.0 Å². The number of ether oxygens (including phenoxy) is 1. The third kappa shape index (κ3) is 3.33. The standard InChI is InChI=1S/C26H30O4/c1-5-26(28,6-2)15-16-29-17-11-13-18-20(14-12-17)25(3,4)24-22(23(18)27)19-9-7-8-10-21(19)30-24/h7-13,28H,5-6,14-16H2,1-4H3. The van der Waals surface area contributed by atoms with E-state index in [1.165, 1.54) is 0 Å². The minimum atomic E-state index is -0.681. The highest BCUT2D eigenvalue weighted by Gasteiger charge is 2.42. The molecular weight excluding hydrogens is 376 g/mol. The molecule has 2 aliphatic carbocycles. The van der Waals surface area contributed by atoms with Gasteiger partial charge in [0.2, 0.25) is 0 Å². The second kappa shape index (κ2) is 7.59. The molecule has 4 rings (SSSR count). The summed E-state index contributed by atoms with van der Waals surface area (Å²) in [5, 5.41) is 11.3. The van der Waals surface area contributed by atoms with Crippen LogP contribution in [-0.4, -0.2) is 23.1 Å². The molecule has 30 heavy (non-hydrogen) atoms. The number of rotatable bonds is 6. The number of ketones is 1. The largest absolute Gasteiger partial charge is 0.494 e. The lowest BCUT2D eigenvalue weighted by atomic mass is 9.70. The number of fused-ring (bicyclic) bond motifs is 3. The van der Waals surface area contributed by atoms with E-state index >= 15 is 0 Å². The van der Waals surface area contributed by atoms with Crippen LogP contribution in [0.5, 0.6) is 0 Å². The summed E-state index contributed by atoms with van der Waals surface area (Å²) in [6.45, 7) is 8.67. The molecule has 0 unspecified atom stereocenters. The van der Waals surface area contributed by atoms with Gasteiger partial charge in [-0.15, -0.1) is 0 Å². The Morgan fingerprint density at radius 2 is 1.90 bits per heavy atom. The minimum absolute atomic E-state index is 0.0153. The van der Waals surface area contributed by atoms with Crippen molar-refractivity contribution in [1.82, 2.24) is 0 Å². The number of Topliss-reactive ketones (excluding diaryl/α,β-unsaturated/α-hetero) is 1. The van der Waals surface area contributed by atoms with Crippen LogP contribution in [0.1, 0.15) is 69.5 Å². The summed E-state index contributed by atoms with van der Waals surface area (Å²) >= 11 is 0. The monoisotopic (exact) mass is 406 g/mol. The summed E-state index contributed by atoms with van der Waals surface area (Å²) < 4.78 is 12.1. The summed E-state index contributed by atoms with van der Waals surface area (Å²) in [4.78, 5) is 13.4. The highest BCUT2D eigenvalue weighted by atomic mass is 16.5. The van der Waals surface area contributed by atoms with Gasteiger partial charge in [0, 0.05) is 22.8 Å². The SMILES string of the molecule is CCC(O)(CC)CCOC1=CCC2=C(C=C1)C(=O)c1c(oc3ccccc13)C2(C)C. The van der Waals surface area contributed by atoms with Crippen molar-refractivity contribution in [2.45, 2.75) is 64.4 Å². The average Bonchev–Trinajstić information content (AvgIpc) is 3.01. The van der Waals surface area contributed by atoms with E-state index in [9.17, 15) is 9.90 Å². The second-order valence-electron chi connectivity index (χ2n) is 8.82. The van der Waals surface area contributed by atoms with Gasteiger partial charge in [-0.05, 0) is 63.0 Å². The van der Waals surface area contributed by atoms with Crippen LogP contribution in [0.15, 0.2) is 63.8 Å². The zero-order valence-corrected chi connectivity index (χ0v) is 18.2. The Labute approximate surface area is 177 Å². The Morgan fingerprint density at radius 1 is 1.17 bits per heavy atom. The first-order valence-corrected chi connectivity index (χ1v) is 10.8. The number of allylic oxidation sites excluding steroid dienone is 5. The predicted molar refractivity (Wildman–Crippen MR) is 119 cm³/mol. The zero-order valence-electron chi connectivity index (χ0n) is 18.2. The number of hydrogen-bond acceptors (Lipinski definition) is 4. The van der Waals surface area contributed by atoms with Crippen molar-refractivity contribution in [3.8, 4) is 0 Å². The molecule has 0 bridgehead atoms. The van der Waals surface area contributed by atoms with E-state index in [1.807, 2.05) is 56.3 Å². The maximum absolute atomic E-state index is 13.4. The predicted octanol–water partition coefficient (Wildman–Crippen LogP) is 6.00. The van der Waals surface area contributed by atoms with Gasteiger partial charge in [0.25, 0.3) is 0 Å². The first-order chi connectivity index (χ1) is 14.3. The number of carbonyl (C=O) groups is 1. The fraction of sp³-hybridized carbons (Fsp3) is 0.423. The van der Waals surface area contributed by atoms with Crippen molar-refractivity contribution in [2.24, 2.45) is 0 Å². The molecule has 0 radical (unpaired) electrons. The molecule has 0 atom stereocenters. The topological polar surface area (TPSA) is 59.7 Å². The molecule has 0 fully saturated rings. The Bertz CT molecular complexity index is 1070. The molecule has 4 nitrogen and oxygen atoms in total. The maximum Gasteiger partial charge on any atom is 0.197 e. The van der Waals surface area contributed by atoms with Crippen LogP contribution in [0.4, 0.5) is 0 Å². The molecule has 1 N–H and O–H groups in total.